The minimum absolute atomic E-state index is 0.00229. The van der Waals surface area contributed by atoms with Crippen molar-refractivity contribution in [1.82, 2.24) is 9.97 Å². The number of unbranched alkanes of at least 4 members (excludes halogenated alkanes) is 1. The van der Waals surface area contributed by atoms with Crippen LogP contribution in [0, 0.1) is 31.1 Å². The maximum atomic E-state index is 13.0. The number of rotatable bonds is 13. The number of aromatic nitrogens is 2. The molecule has 2 aromatic heterocycles. The van der Waals surface area contributed by atoms with Crippen LogP contribution in [0.25, 0.3) is 17.2 Å². The number of alkyl halides is 3. The molecule has 0 fully saturated rings. The fourth-order valence-corrected chi connectivity index (χ4v) is 6.49. The van der Waals surface area contributed by atoms with Crippen LogP contribution in [-0.2, 0) is 9.84 Å². The van der Waals surface area contributed by atoms with Crippen molar-refractivity contribution in [2.75, 3.05) is 5.75 Å². The molecule has 2 heterocycles. The van der Waals surface area contributed by atoms with E-state index in [0.29, 0.717) is 23.3 Å². The van der Waals surface area contributed by atoms with Gasteiger partial charge in [-0.1, -0.05) is 44.6 Å². The molecule has 9 heteroatoms. The number of hydrogen-bond acceptors (Lipinski definition) is 5. The molecule has 44 heavy (non-hydrogen) atoms. The van der Waals surface area contributed by atoms with Gasteiger partial charge < -0.3 is 0 Å². The molecule has 0 saturated heterocycles. The number of sulfone groups is 1. The number of nitriles is 1. The second-order valence-corrected chi connectivity index (χ2v) is 13.3. The minimum Gasteiger partial charge on any atom is -0.261 e. The maximum absolute atomic E-state index is 13.0. The second-order valence-electron chi connectivity index (χ2n) is 11.2. The van der Waals surface area contributed by atoms with Crippen molar-refractivity contribution >= 4 is 27.1 Å². The Labute approximate surface area is 259 Å². The summed E-state index contributed by atoms with van der Waals surface area (Å²) in [4.78, 5) is 9.09. The first-order chi connectivity index (χ1) is 20.8. The van der Waals surface area contributed by atoms with Crippen molar-refractivity contribution in [1.29, 1.82) is 5.26 Å². The van der Waals surface area contributed by atoms with E-state index >= 15 is 0 Å². The SMILES string of the molecule is CC=Cc1cc(C)c(C(C#N)=C(CC(CC)c2ccccn2)c2ccc(S(=O)(=O)CCCCC(C)C(F)(F)F)cn2)cc1C. The zero-order valence-electron chi connectivity index (χ0n) is 25.9. The topological polar surface area (TPSA) is 83.7 Å². The van der Waals surface area contributed by atoms with Gasteiger partial charge in [0, 0.05) is 24.0 Å². The van der Waals surface area contributed by atoms with Crippen molar-refractivity contribution in [3.8, 4) is 6.07 Å². The van der Waals surface area contributed by atoms with Gasteiger partial charge in [0.25, 0.3) is 0 Å². The van der Waals surface area contributed by atoms with Gasteiger partial charge in [-0.05, 0) is 105 Å². The molecule has 3 aromatic rings. The van der Waals surface area contributed by atoms with Crippen LogP contribution in [0.2, 0.25) is 0 Å². The molecule has 0 amide bonds. The largest absolute Gasteiger partial charge is 0.391 e. The lowest BCUT2D eigenvalue weighted by Crippen LogP contribution is -2.19. The van der Waals surface area contributed by atoms with E-state index < -0.39 is 21.9 Å². The summed E-state index contributed by atoms with van der Waals surface area (Å²) in [6.45, 7) is 9.08. The van der Waals surface area contributed by atoms with E-state index in [-0.39, 0.29) is 35.8 Å². The molecular formula is C35H40F3N3O2S. The summed E-state index contributed by atoms with van der Waals surface area (Å²) in [6, 6.07) is 15.3. The van der Waals surface area contributed by atoms with Crippen LogP contribution in [0.5, 0.6) is 0 Å². The summed E-state index contributed by atoms with van der Waals surface area (Å²) in [6.07, 6.45) is 4.10. The summed E-state index contributed by atoms with van der Waals surface area (Å²) < 4.78 is 64.4. The first-order valence-corrected chi connectivity index (χ1v) is 16.5. The summed E-state index contributed by atoms with van der Waals surface area (Å²) in [5.74, 6) is -1.75. The average Bonchev–Trinajstić information content (AvgIpc) is 2.99. The van der Waals surface area contributed by atoms with Crippen LogP contribution < -0.4 is 0 Å². The van der Waals surface area contributed by atoms with Crippen LogP contribution in [0.3, 0.4) is 0 Å². The average molecular weight is 624 g/mol. The Morgan fingerprint density at radius 3 is 2.39 bits per heavy atom. The summed E-state index contributed by atoms with van der Waals surface area (Å²) in [7, 11) is -3.75. The molecule has 234 valence electrons. The Morgan fingerprint density at radius 2 is 1.82 bits per heavy atom. The summed E-state index contributed by atoms with van der Waals surface area (Å²) in [5.41, 5.74) is 6.34. The van der Waals surface area contributed by atoms with Gasteiger partial charge >= 0.3 is 6.18 Å². The highest BCUT2D eigenvalue weighted by atomic mass is 32.2. The number of aryl methyl sites for hydroxylation is 2. The Morgan fingerprint density at radius 1 is 1.07 bits per heavy atom. The molecule has 0 spiro atoms. The molecule has 2 atom stereocenters. The van der Waals surface area contributed by atoms with Gasteiger partial charge in [-0.25, -0.2) is 8.42 Å². The van der Waals surface area contributed by atoms with Crippen LogP contribution in [0.4, 0.5) is 13.2 Å². The fourth-order valence-electron chi connectivity index (χ4n) is 5.18. The molecule has 0 aliphatic carbocycles. The predicted octanol–water partition coefficient (Wildman–Crippen LogP) is 9.29. The zero-order chi connectivity index (χ0) is 32.5. The summed E-state index contributed by atoms with van der Waals surface area (Å²) in [5, 5.41) is 10.5. The van der Waals surface area contributed by atoms with E-state index in [1.165, 1.54) is 12.3 Å². The van der Waals surface area contributed by atoms with Crippen molar-refractivity contribution in [3.05, 3.63) is 94.6 Å². The molecule has 1 aromatic carbocycles. The number of benzene rings is 1. The number of allylic oxidation sites excluding steroid dienone is 3. The Balaban J connectivity index is 2.02. The third-order valence-electron chi connectivity index (χ3n) is 7.96. The molecule has 3 rings (SSSR count). The van der Waals surface area contributed by atoms with Gasteiger partial charge in [-0.2, -0.15) is 18.4 Å². The highest BCUT2D eigenvalue weighted by molar-refractivity contribution is 7.91. The van der Waals surface area contributed by atoms with E-state index in [2.05, 4.69) is 23.0 Å². The standard InChI is InChI=1S/C35H40F3N3O2S/c1-6-12-28-19-25(4)30(20-24(28)3)32(22-39)31(21-27(7-2)33-14-8-10-17-40-33)34-16-15-29(23-41-34)44(42,43)18-11-9-13-26(5)35(36,37)38/h6,8,10,12,14-17,19-20,23,26-27H,7,9,11,13,18,21H2,1-5H3. The first-order valence-electron chi connectivity index (χ1n) is 14.9. The lowest BCUT2D eigenvalue weighted by atomic mass is 9.85. The van der Waals surface area contributed by atoms with E-state index in [9.17, 15) is 26.9 Å². The highest BCUT2D eigenvalue weighted by Crippen LogP contribution is 2.37. The molecule has 5 nitrogen and oxygen atoms in total. The number of halogens is 3. The van der Waals surface area contributed by atoms with E-state index in [4.69, 9.17) is 0 Å². The Bertz CT molecular complexity index is 1620. The zero-order valence-corrected chi connectivity index (χ0v) is 26.8. The van der Waals surface area contributed by atoms with Gasteiger partial charge in [0.1, 0.15) is 6.07 Å². The Hall–Kier alpha value is -3.77. The van der Waals surface area contributed by atoms with Crippen LogP contribution in [0.15, 0.2) is 65.8 Å². The monoisotopic (exact) mass is 623 g/mol. The molecule has 0 aliphatic rings. The van der Waals surface area contributed by atoms with Crippen LogP contribution >= 0.6 is 0 Å². The number of hydrogen-bond donors (Lipinski definition) is 0. The predicted molar refractivity (Wildman–Crippen MR) is 170 cm³/mol. The molecule has 2 unspecified atom stereocenters. The molecule has 0 radical (unpaired) electrons. The fraction of sp³-hybridized carbons (Fsp3) is 0.400. The first kappa shape index (κ1) is 34.7. The number of pyridine rings is 2. The summed E-state index contributed by atoms with van der Waals surface area (Å²) >= 11 is 0. The van der Waals surface area contributed by atoms with E-state index in [1.807, 2.05) is 63.3 Å². The van der Waals surface area contributed by atoms with Gasteiger partial charge in [-0.3, -0.25) is 9.97 Å². The lowest BCUT2D eigenvalue weighted by Gasteiger charge is -2.20. The molecule has 0 saturated carbocycles. The van der Waals surface area contributed by atoms with Crippen molar-refractivity contribution < 1.29 is 21.6 Å². The second kappa shape index (κ2) is 15.3. The molecule has 0 bridgehead atoms. The van der Waals surface area contributed by atoms with Gasteiger partial charge in [0.15, 0.2) is 9.84 Å². The van der Waals surface area contributed by atoms with Gasteiger partial charge in [-0.15, -0.1) is 0 Å². The smallest absolute Gasteiger partial charge is 0.261 e. The molecular weight excluding hydrogens is 583 g/mol. The van der Waals surface area contributed by atoms with Crippen molar-refractivity contribution in [2.45, 2.75) is 83.7 Å². The van der Waals surface area contributed by atoms with Gasteiger partial charge in [0.05, 0.1) is 27.8 Å². The van der Waals surface area contributed by atoms with E-state index in [1.54, 1.807) is 12.3 Å². The van der Waals surface area contributed by atoms with Crippen molar-refractivity contribution in [3.63, 3.8) is 0 Å². The van der Waals surface area contributed by atoms with Crippen LogP contribution in [-0.4, -0.2) is 30.3 Å². The van der Waals surface area contributed by atoms with Crippen LogP contribution in [0.1, 0.15) is 92.4 Å². The van der Waals surface area contributed by atoms with E-state index in [0.717, 1.165) is 41.3 Å². The quantitative estimate of drug-likeness (QED) is 0.140. The third kappa shape index (κ3) is 8.88. The van der Waals surface area contributed by atoms with Crippen molar-refractivity contribution in [2.24, 2.45) is 5.92 Å². The molecule has 0 N–H and O–H groups in total. The Kier molecular flexibility index (Phi) is 12.1. The lowest BCUT2D eigenvalue weighted by molar-refractivity contribution is -0.171. The highest BCUT2D eigenvalue weighted by Gasteiger charge is 2.35. The molecule has 0 aliphatic heterocycles. The minimum atomic E-state index is -4.29. The van der Waals surface area contributed by atoms with Gasteiger partial charge in [0.2, 0.25) is 0 Å². The number of nitrogens with zero attached hydrogens (tertiary/aromatic N) is 3. The normalized spacial score (nSPS) is 14.2. The maximum Gasteiger partial charge on any atom is 0.391 e. The third-order valence-corrected chi connectivity index (χ3v) is 9.74.